The molecule has 0 aliphatic rings. The second-order valence-electron chi connectivity index (χ2n) is 6.34. The molecular formula is C21H23ClN2O3S. The van der Waals surface area contributed by atoms with Crippen LogP contribution >= 0.6 is 22.9 Å². The summed E-state index contributed by atoms with van der Waals surface area (Å²) in [4.78, 5) is 24.3. The molecule has 3 rings (SSSR count). The molecule has 7 heteroatoms. The molecule has 0 saturated heterocycles. The average molecular weight is 419 g/mol. The lowest BCUT2D eigenvalue weighted by Gasteiger charge is -2.25. The molecule has 0 saturated carbocycles. The molecule has 0 radical (unpaired) electrons. The number of halogens is 1. The summed E-state index contributed by atoms with van der Waals surface area (Å²) in [5.74, 6) is 0.348. The summed E-state index contributed by atoms with van der Waals surface area (Å²) in [6.45, 7) is 3.79. The number of benzene rings is 2. The number of fused-ring (bicyclic) bond motifs is 1. The second kappa shape index (κ2) is 9.68. The van der Waals surface area contributed by atoms with Gasteiger partial charge in [-0.25, -0.2) is 0 Å². The van der Waals surface area contributed by atoms with Crippen LogP contribution in [0.4, 0.5) is 0 Å². The molecule has 1 aromatic heterocycles. The summed E-state index contributed by atoms with van der Waals surface area (Å²) in [7, 11) is 1.50. The lowest BCUT2D eigenvalue weighted by atomic mass is 10.1. The minimum atomic E-state index is -1.04. The monoisotopic (exact) mass is 418 g/mol. The van der Waals surface area contributed by atoms with E-state index in [1.807, 2.05) is 24.3 Å². The summed E-state index contributed by atoms with van der Waals surface area (Å²) >= 11 is 7.31. The van der Waals surface area contributed by atoms with Gasteiger partial charge in [0, 0.05) is 16.3 Å². The summed E-state index contributed by atoms with van der Waals surface area (Å²) in [5, 5.41) is 4.51. The molecule has 1 heterocycles. The molecule has 1 amide bonds. The Kier molecular flexibility index (Phi) is 7.57. The molecule has 0 aliphatic heterocycles. The van der Waals surface area contributed by atoms with Crippen LogP contribution in [-0.4, -0.2) is 24.8 Å². The molecule has 3 aromatic rings. The van der Waals surface area contributed by atoms with Crippen molar-refractivity contribution in [3.05, 3.63) is 64.0 Å². The Bertz CT molecular complexity index is 952. The number of carbonyl (C=O) groups excluding carboxylic acids is 2. The Labute approximate surface area is 173 Å². The normalized spacial score (nSPS) is 10.8. The van der Waals surface area contributed by atoms with Gasteiger partial charge in [-0.15, -0.1) is 11.3 Å². The molecule has 5 nitrogen and oxygen atoms in total. The van der Waals surface area contributed by atoms with E-state index in [4.69, 9.17) is 16.3 Å². The van der Waals surface area contributed by atoms with Gasteiger partial charge in [-0.2, -0.15) is 0 Å². The van der Waals surface area contributed by atoms with Crippen molar-refractivity contribution in [1.82, 2.24) is 5.32 Å². The first-order chi connectivity index (χ1) is 13.4. The number of rotatable bonds is 6. The first kappa shape index (κ1) is 21.9. The predicted molar refractivity (Wildman–Crippen MR) is 115 cm³/mol. The minimum Gasteiger partial charge on any atom is -0.478 e. The molecule has 0 unspecified atom stereocenters. The SMILES string of the molecule is CC(C)(Oc1ccc(Cl)cc1)C(=O)NCc1cccc2sc(C=O)cc12.CN. The highest BCUT2D eigenvalue weighted by atomic mass is 35.5. The number of amides is 1. The molecular weight excluding hydrogens is 396 g/mol. The fraction of sp³-hybridized carbons (Fsp3) is 0.238. The number of ether oxygens (including phenoxy) is 1. The van der Waals surface area contributed by atoms with Crippen LogP contribution in [0.15, 0.2) is 48.5 Å². The standard InChI is InChI=1S/C20H18ClNO3S.CH5N/c1-20(2,25-15-8-6-14(21)7-9-15)19(24)22-11-13-4-3-5-18-17(13)10-16(12-23)26-18;1-2/h3-10,12H,11H2,1-2H3,(H,22,24);2H2,1H3. The van der Waals surface area contributed by atoms with Gasteiger partial charge in [0.2, 0.25) is 0 Å². The highest BCUT2D eigenvalue weighted by Gasteiger charge is 2.29. The van der Waals surface area contributed by atoms with E-state index in [2.05, 4.69) is 11.1 Å². The Morgan fingerprint density at radius 3 is 2.54 bits per heavy atom. The van der Waals surface area contributed by atoms with E-state index < -0.39 is 5.60 Å². The van der Waals surface area contributed by atoms with Gasteiger partial charge in [-0.1, -0.05) is 23.7 Å². The molecule has 3 N–H and O–H groups in total. The molecule has 28 heavy (non-hydrogen) atoms. The van der Waals surface area contributed by atoms with Crippen LogP contribution < -0.4 is 15.8 Å². The first-order valence-corrected chi connectivity index (χ1v) is 9.86. The van der Waals surface area contributed by atoms with Crippen molar-refractivity contribution in [3.8, 4) is 5.75 Å². The fourth-order valence-electron chi connectivity index (χ4n) is 2.59. The molecule has 0 bridgehead atoms. The number of hydrogen-bond donors (Lipinski definition) is 2. The molecule has 0 aliphatic carbocycles. The van der Waals surface area contributed by atoms with E-state index in [1.165, 1.54) is 18.4 Å². The van der Waals surface area contributed by atoms with Crippen molar-refractivity contribution >= 4 is 45.2 Å². The highest BCUT2D eigenvalue weighted by molar-refractivity contribution is 7.20. The topological polar surface area (TPSA) is 81.4 Å². The third kappa shape index (κ3) is 5.32. The molecule has 2 aromatic carbocycles. The van der Waals surface area contributed by atoms with Gasteiger partial charge >= 0.3 is 0 Å². The lowest BCUT2D eigenvalue weighted by molar-refractivity contribution is -0.134. The van der Waals surface area contributed by atoms with Crippen LogP contribution in [-0.2, 0) is 11.3 Å². The number of nitrogens with two attached hydrogens (primary N) is 1. The van der Waals surface area contributed by atoms with Crippen LogP contribution in [0.25, 0.3) is 10.1 Å². The van der Waals surface area contributed by atoms with Gasteiger partial charge in [0.25, 0.3) is 5.91 Å². The summed E-state index contributed by atoms with van der Waals surface area (Å²) in [5.41, 5.74) is 4.42. The molecule has 148 valence electrons. The minimum absolute atomic E-state index is 0.227. The number of aldehydes is 1. The van der Waals surface area contributed by atoms with Crippen molar-refractivity contribution in [3.63, 3.8) is 0 Å². The zero-order valence-corrected chi connectivity index (χ0v) is 17.6. The third-order valence-corrected chi connectivity index (χ3v) is 5.24. The summed E-state index contributed by atoms with van der Waals surface area (Å²) in [6, 6.07) is 14.6. The van der Waals surface area contributed by atoms with Crippen LogP contribution in [0.1, 0.15) is 29.1 Å². The first-order valence-electron chi connectivity index (χ1n) is 8.66. The van der Waals surface area contributed by atoms with Crippen molar-refractivity contribution < 1.29 is 14.3 Å². The van der Waals surface area contributed by atoms with Gasteiger partial charge in [0.15, 0.2) is 11.9 Å². The Morgan fingerprint density at radius 2 is 1.89 bits per heavy atom. The zero-order chi connectivity index (χ0) is 20.7. The third-order valence-electron chi connectivity index (χ3n) is 3.96. The summed E-state index contributed by atoms with van der Waals surface area (Å²) < 4.78 is 6.82. The largest absolute Gasteiger partial charge is 0.478 e. The smallest absolute Gasteiger partial charge is 0.263 e. The maximum atomic E-state index is 12.6. The molecule has 0 fully saturated rings. The van der Waals surface area contributed by atoms with Crippen LogP contribution in [0.3, 0.4) is 0 Å². The Hall–Kier alpha value is -2.41. The van der Waals surface area contributed by atoms with E-state index >= 15 is 0 Å². The number of thiophene rings is 1. The van der Waals surface area contributed by atoms with E-state index in [9.17, 15) is 9.59 Å². The van der Waals surface area contributed by atoms with Gasteiger partial charge in [0.05, 0.1) is 4.88 Å². The van der Waals surface area contributed by atoms with Gasteiger partial charge in [-0.3, -0.25) is 9.59 Å². The van der Waals surface area contributed by atoms with Crippen LogP contribution in [0.5, 0.6) is 5.75 Å². The number of hydrogen-bond acceptors (Lipinski definition) is 5. The van der Waals surface area contributed by atoms with E-state index in [-0.39, 0.29) is 5.91 Å². The predicted octanol–water partition coefficient (Wildman–Crippen LogP) is 4.42. The van der Waals surface area contributed by atoms with Crippen LogP contribution in [0, 0.1) is 0 Å². The zero-order valence-electron chi connectivity index (χ0n) is 16.0. The Morgan fingerprint density at radius 1 is 1.21 bits per heavy atom. The average Bonchev–Trinajstić information content (AvgIpc) is 3.13. The van der Waals surface area contributed by atoms with Crippen molar-refractivity contribution in [1.29, 1.82) is 0 Å². The van der Waals surface area contributed by atoms with E-state index in [0.29, 0.717) is 22.2 Å². The number of nitrogens with one attached hydrogen (secondary N) is 1. The summed E-state index contributed by atoms with van der Waals surface area (Å²) in [6.07, 6.45) is 0.843. The van der Waals surface area contributed by atoms with Gasteiger partial charge in [0.1, 0.15) is 5.75 Å². The lowest BCUT2D eigenvalue weighted by Crippen LogP contribution is -2.46. The molecule has 0 atom stereocenters. The van der Waals surface area contributed by atoms with E-state index in [1.54, 1.807) is 38.1 Å². The van der Waals surface area contributed by atoms with Crippen molar-refractivity contribution in [2.75, 3.05) is 7.05 Å². The number of carbonyl (C=O) groups is 2. The molecule has 0 spiro atoms. The maximum absolute atomic E-state index is 12.6. The fourth-order valence-corrected chi connectivity index (χ4v) is 3.64. The van der Waals surface area contributed by atoms with Crippen LogP contribution in [0.2, 0.25) is 5.02 Å². The van der Waals surface area contributed by atoms with Crippen molar-refractivity contribution in [2.24, 2.45) is 5.73 Å². The maximum Gasteiger partial charge on any atom is 0.263 e. The second-order valence-corrected chi connectivity index (χ2v) is 7.90. The van der Waals surface area contributed by atoms with Gasteiger partial charge < -0.3 is 15.8 Å². The van der Waals surface area contributed by atoms with E-state index in [0.717, 1.165) is 21.9 Å². The highest BCUT2D eigenvalue weighted by Crippen LogP contribution is 2.27. The Balaban J connectivity index is 0.00000136. The van der Waals surface area contributed by atoms with Gasteiger partial charge in [-0.05, 0) is 68.2 Å². The quantitative estimate of drug-likeness (QED) is 0.580. The van der Waals surface area contributed by atoms with Crippen molar-refractivity contribution in [2.45, 2.75) is 26.0 Å².